The molecule has 4 nitrogen and oxygen atoms in total. The van der Waals surface area contributed by atoms with E-state index in [1.54, 1.807) is 11.3 Å². The third-order valence-corrected chi connectivity index (χ3v) is 4.84. The van der Waals surface area contributed by atoms with Gasteiger partial charge in [-0.2, -0.15) is 0 Å². The highest BCUT2D eigenvalue weighted by atomic mass is 79.9. The standard InChI is InChI=1S/C13H14BrNO3S/c14-8-5-9(19-7-8)6-15-12(16)10-3-1-2-4-11(10)13(17)18/h1-2,5,7,10-11H,3-4,6H2,(H,15,16)(H,17,18)/t10-,11+/m1/s1. The highest BCUT2D eigenvalue weighted by Crippen LogP contribution is 2.26. The number of rotatable bonds is 4. The van der Waals surface area contributed by atoms with Gasteiger partial charge in [-0.05, 0) is 34.8 Å². The largest absolute Gasteiger partial charge is 0.481 e. The Morgan fingerprint density at radius 3 is 2.63 bits per heavy atom. The van der Waals surface area contributed by atoms with Gasteiger partial charge in [0.25, 0.3) is 0 Å². The molecule has 0 aromatic carbocycles. The third-order valence-electron chi connectivity index (χ3n) is 3.14. The molecule has 0 fully saturated rings. The summed E-state index contributed by atoms with van der Waals surface area (Å²) in [6.07, 6.45) is 4.64. The Morgan fingerprint density at radius 1 is 1.37 bits per heavy atom. The quantitative estimate of drug-likeness (QED) is 0.826. The summed E-state index contributed by atoms with van der Waals surface area (Å²) in [5, 5.41) is 13.9. The molecular weight excluding hydrogens is 330 g/mol. The number of carboxylic acids is 1. The molecular formula is C13H14BrNO3S. The minimum absolute atomic E-state index is 0.179. The van der Waals surface area contributed by atoms with E-state index in [1.165, 1.54) is 0 Å². The van der Waals surface area contributed by atoms with E-state index in [4.69, 9.17) is 5.11 Å². The minimum Gasteiger partial charge on any atom is -0.481 e. The van der Waals surface area contributed by atoms with Gasteiger partial charge in [0.2, 0.25) is 5.91 Å². The molecule has 0 spiro atoms. The van der Waals surface area contributed by atoms with Crippen LogP contribution < -0.4 is 5.32 Å². The van der Waals surface area contributed by atoms with Gasteiger partial charge in [0, 0.05) is 14.7 Å². The monoisotopic (exact) mass is 343 g/mol. The van der Waals surface area contributed by atoms with Gasteiger partial charge in [0.15, 0.2) is 0 Å². The van der Waals surface area contributed by atoms with Gasteiger partial charge in [0.1, 0.15) is 0 Å². The molecule has 1 aromatic heterocycles. The van der Waals surface area contributed by atoms with Gasteiger partial charge in [-0.25, -0.2) is 0 Å². The molecule has 1 aliphatic carbocycles. The average molecular weight is 344 g/mol. The molecule has 2 N–H and O–H groups in total. The summed E-state index contributed by atoms with van der Waals surface area (Å²) < 4.78 is 0.991. The van der Waals surface area contributed by atoms with E-state index in [2.05, 4.69) is 21.2 Å². The van der Waals surface area contributed by atoms with Gasteiger partial charge in [-0.3, -0.25) is 9.59 Å². The fourth-order valence-corrected chi connectivity index (χ4v) is 3.52. The second kappa shape index (κ2) is 6.34. The predicted molar refractivity (Wildman–Crippen MR) is 76.9 cm³/mol. The summed E-state index contributed by atoms with van der Waals surface area (Å²) in [5.41, 5.74) is 0. The van der Waals surface area contributed by atoms with E-state index in [9.17, 15) is 9.59 Å². The zero-order valence-electron chi connectivity index (χ0n) is 10.1. The Labute approximate surface area is 123 Å². The summed E-state index contributed by atoms with van der Waals surface area (Å²) in [7, 11) is 0. The molecule has 0 radical (unpaired) electrons. The molecule has 19 heavy (non-hydrogen) atoms. The van der Waals surface area contributed by atoms with Crippen LogP contribution in [-0.2, 0) is 16.1 Å². The van der Waals surface area contributed by atoms with E-state index in [0.717, 1.165) is 9.35 Å². The maximum Gasteiger partial charge on any atom is 0.307 e. The molecule has 0 bridgehead atoms. The Hall–Kier alpha value is -1.14. The van der Waals surface area contributed by atoms with Crippen molar-refractivity contribution in [1.29, 1.82) is 0 Å². The topological polar surface area (TPSA) is 66.4 Å². The molecule has 0 saturated heterocycles. The summed E-state index contributed by atoms with van der Waals surface area (Å²) in [6, 6.07) is 1.94. The highest BCUT2D eigenvalue weighted by Gasteiger charge is 2.33. The van der Waals surface area contributed by atoms with Crippen molar-refractivity contribution in [1.82, 2.24) is 5.32 Å². The van der Waals surface area contributed by atoms with Crippen LogP contribution in [0.3, 0.4) is 0 Å². The van der Waals surface area contributed by atoms with E-state index in [1.807, 2.05) is 23.6 Å². The normalized spacial score (nSPS) is 22.2. The molecule has 6 heteroatoms. The van der Waals surface area contributed by atoms with Crippen molar-refractivity contribution in [2.24, 2.45) is 11.8 Å². The van der Waals surface area contributed by atoms with Crippen LogP contribution in [0.2, 0.25) is 0 Å². The zero-order chi connectivity index (χ0) is 13.8. The van der Waals surface area contributed by atoms with Crippen LogP contribution >= 0.6 is 27.3 Å². The summed E-state index contributed by atoms with van der Waals surface area (Å²) >= 11 is 4.91. The number of amides is 1. The van der Waals surface area contributed by atoms with Gasteiger partial charge < -0.3 is 10.4 Å². The van der Waals surface area contributed by atoms with Crippen molar-refractivity contribution in [3.8, 4) is 0 Å². The van der Waals surface area contributed by atoms with Crippen LogP contribution in [0.1, 0.15) is 17.7 Å². The minimum atomic E-state index is -0.900. The second-order valence-corrected chi connectivity index (χ2v) is 6.35. The number of hydrogen-bond acceptors (Lipinski definition) is 3. The van der Waals surface area contributed by atoms with Crippen molar-refractivity contribution >= 4 is 39.1 Å². The molecule has 0 unspecified atom stereocenters. The van der Waals surface area contributed by atoms with Crippen molar-refractivity contribution in [2.45, 2.75) is 19.4 Å². The van der Waals surface area contributed by atoms with Crippen LogP contribution in [0.4, 0.5) is 0 Å². The average Bonchev–Trinajstić information content (AvgIpc) is 2.81. The lowest BCUT2D eigenvalue weighted by Crippen LogP contribution is -2.38. The van der Waals surface area contributed by atoms with Gasteiger partial charge in [0.05, 0.1) is 18.4 Å². The first-order chi connectivity index (χ1) is 9.08. The van der Waals surface area contributed by atoms with Gasteiger partial charge >= 0.3 is 5.97 Å². The highest BCUT2D eigenvalue weighted by molar-refractivity contribution is 9.10. The van der Waals surface area contributed by atoms with Gasteiger partial charge in [-0.1, -0.05) is 12.2 Å². The van der Waals surface area contributed by atoms with E-state index in [0.29, 0.717) is 19.4 Å². The maximum atomic E-state index is 12.1. The van der Waals surface area contributed by atoms with Crippen LogP contribution in [-0.4, -0.2) is 17.0 Å². The fraction of sp³-hybridized carbons (Fsp3) is 0.385. The Balaban J connectivity index is 1.95. The van der Waals surface area contributed by atoms with Crippen LogP contribution in [0.15, 0.2) is 28.1 Å². The number of carbonyl (C=O) groups is 2. The number of carboxylic acid groups (broad SMARTS) is 1. The number of allylic oxidation sites excluding steroid dienone is 2. The molecule has 1 heterocycles. The molecule has 0 aliphatic heterocycles. The molecule has 2 rings (SSSR count). The third kappa shape index (κ3) is 3.67. The summed E-state index contributed by atoms with van der Waals surface area (Å²) in [4.78, 5) is 24.2. The first-order valence-corrected chi connectivity index (χ1v) is 7.63. The number of thiophene rings is 1. The van der Waals surface area contributed by atoms with Crippen LogP contribution in [0.5, 0.6) is 0 Å². The molecule has 1 aromatic rings. The SMILES string of the molecule is O=C(O)[C@H]1CC=CC[C@H]1C(=O)NCc1cc(Br)cs1. The van der Waals surface area contributed by atoms with E-state index >= 15 is 0 Å². The smallest absolute Gasteiger partial charge is 0.307 e. The Bertz CT molecular complexity index is 512. The van der Waals surface area contributed by atoms with Crippen molar-refractivity contribution < 1.29 is 14.7 Å². The molecule has 2 atom stereocenters. The zero-order valence-corrected chi connectivity index (χ0v) is 12.5. The van der Waals surface area contributed by atoms with E-state index < -0.39 is 17.8 Å². The number of hydrogen-bond donors (Lipinski definition) is 2. The van der Waals surface area contributed by atoms with Crippen molar-refractivity contribution in [3.05, 3.63) is 32.9 Å². The van der Waals surface area contributed by atoms with E-state index in [-0.39, 0.29) is 5.91 Å². The summed E-state index contributed by atoms with van der Waals surface area (Å²) in [5.74, 6) is -2.16. The van der Waals surface area contributed by atoms with Gasteiger partial charge in [-0.15, -0.1) is 11.3 Å². The van der Waals surface area contributed by atoms with Crippen LogP contribution in [0, 0.1) is 11.8 Å². The number of nitrogens with one attached hydrogen (secondary N) is 1. The number of aliphatic carboxylic acids is 1. The lowest BCUT2D eigenvalue weighted by atomic mass is 9.82. The maximum absolute atomic E-state index is 12.1. The Kier molecular flexibility index (Phi) is 4.76. The second-order valence-electron chi connectivity index (χ2n) is 4.44. The number of halogens is 1. The lowest BCUT2D eigenvalue weighted by Gasteiger charge is -2.24. The number of carbonyl (C=O) groups excluding carboxylic acids is 1. The van der Waals surface area contributed by atoms with Crippen molar-refractivity contribution in [3.63, 3.8) is 0 Å². The first-order valence-electron chi connectivity index (χ1n) is 5.96. The lowest BCUT2D eigenvalue weighted by molar-refractivity contribution is -0.147. The fourth-order valence-electron chi connectivity index (χ4n) is 2.13. The molecule has 0 saturated carbocycles. The van der Waals surface area contributed by atoms with Crippen LogP contribution in [0.25, 0.3) is 0 Å². The Morgan fingerprint density at radius 2 is 2.05 bits per heavy atom. The molecule has 1 aliphatic rings. The summed E-state index contributed by atoms with van der Waals surface area (Å²) in [6.45, 7) is 0.446. The molecule has 1 amide bonds. The molecule has 102 valence electrons. The predicted octanol–water partition coefficient (Wildman–Crippen LogP) is 2.79. The first kappa shape index (κ1) is 14.3. The van der Waals surface area contributed by atoms with Crippen molar-refractivity contribution in [2.75, 3.05) is 0 Å².